The van der Waals surface area contributed by atoms with E-state index in [1.54, 1.807) is 0 Å². The average molecular weight is 325 g/mol. The van der Waals surface area contributed by atoms with Crippen LogP contribution in [0.5, 0.6) is 0 Å². The van der Waals surface area contributed by atoms with Crippen molar-refractivity contribution in [2.75, 3.05) is 0 Å². The molecule has 0 aromatic heterocycles. The number of pyridine rings is 1. The number of rotatable bonds is 0. The summed E-state index contributed by atoms with van der Waals surface area (Å²) in [5, 5.41) is 2.41. The molecular formula is C17H13BrN2. The number of aryl methyl sites for hydroxylation is 2. The summed E-state index contributed by atoms with van der Waals surface area (Å²) >= 11 is 3.56. The molecule has 0 N–H and O–H groups in total. The Morgan fingerprint density at radius 2 is 1.90 bits per heavy atom. The highest BCUT2D eigenvalue weighted by atomic mass is 79.9. The second-order valence-corrected chi connectivity index (χ2v) is 6.21. The monoisotopic (exact) mass is 324 g/mol. The first-order valence-electron chi connectivity index (χ1n) is 6.58. The van der Waals surface area contributed by atoms with E-state index in [1.807, 2.05) is 0 Å². The molecule has 0 atom stereocenters. The van der Waals surface area contributed by atoms with Crippen molar-refractivity contribution in [3.63, 3.8) is 0 Å². The lowest BCUT2D eigenvalue weighted by Crippen LogP contribution is -1.95. The van der Waals surface area contributed by atoms with Crippen LogP contribution in [0.25, 0.3) is 33.1 Å². The van der Waals surface area contributed by atoms with Gasteiger partial charge in [0.05, 0.1) is 11.2 Å². The van der Waals surface area contributed by atoms with Crippen molar-refractivity contribution in [1.82, 2.24) is 9.55 Å². The molecule has 0 saturated heterocycles. The van der Waals surface area contributed by atoms with E-state index in [4.69, 9.17) is 4.98 Å². The van der Waals surface area contributed by atoms with E-state index in [1.165, 1.54) is 27.4 Å². The van der Waals surface area contributed by atoms with Gasteiger partial charge in [-0.05, 0) is 36.8 Å². The van der Waals surface area contributed by atoms with Gasteiger partial charge in [0, 0.05) is 39.6 Å². The Hall–Kier alpha value is -1.87. The summed E-state index contributed by atoms with van der Waals surface area (Å²) in [6, 6.07) is 12.8. The second kappa shape index (κ2) is 4.06. The number of hydrogen-bond acceptors (Lipinski definition) is 1. The SMILES string of the molecule is Cc1ccc2c3cn(C)c4ccc(Br)cc4c-3nc2c1. The molecule has 0 radical (unpaired) electrons. The van der Waals surface area contributed by atoms with E-state index in [0.29, 0.717) is 0 Å². The van der Waals surface area contributed by atoms with E-state index in [9.17, 15) is 0 Å². The van der Waals surface area contributed by atoms with Gasteiger partial charge in [0.2, 0.25) is 0 Å². The van der Waals surface area contributed by atoms with Crippen molar-refractivity contribution in [3.8, 4) is 11.3 Å². The third-order valence-electron chi connectivity index (χ3n) is 3.85. The third-order valence-corrected chi connectivity index (χ3v) is 4.34. The standard InChI is InChI=1S/C17H13BrN2/c1-10-3-5-12-14-9-20(2)16-6-4-11(18)8-13(16)17(14)19-15(12)7-10/h3-9H,1-2H3. The zero-order valence-electron chi connectivity index (χ0n) is 11.3. The van der Waals surface area contributed by atoms with Crippen LogP contribution in [-0.2, 0) is 7.05 Å². The van der Waals surface area contributed by atoms with Crippen molar-refractivity contribution in [1.29, 1.82) is 0 Å². The number of fused-ring (bicyclic) bond motifs is 5. The predicted molar refractivity (Wildman–Crippen MR) is 87.3 cm³/mol. The molecule has 0 unspecified atom stereocenters. The summed E-state index contributed by atoms with van der Waals surface area (Å²) in [5.74, 6) is 0. The van der Waals surface area contributed by atoms with Crippen LogP contribution in [0.15, 0.2) is 47.1 Å². The largest absolute Gasteiger partial charge is 0.350 e. The van der Waals surface area contributed by atoms with Crippen LogP contribution in [0.4, 0.5) is 0 Å². The summed E-state index contributed by atoms with van der Waals surface area (Å²) in [6.45, 7) is 2.10. The Morgan fingerprint density at radius 1 is 1.05 bits per heavy atom. The summed E-state index contributed by atoms with van der Waals surface area (Å²) in [7, 11) is 2.09. The maximum absolute atomic E-state index is 4.85. The molecule has 0 saturated carbocycles. The summed E-state index contributed by atoms with van der Waals surface area (Å²) in [4.78, 5) is 4.85. The lowest BCUT2D eigenvalue weighted by Gasteiger charge is -2.10. The van der Waals surface area contributed by atoms with Gasteiger partial charge in [-0.15, -0.1) is 0 Å². The van der Waals surface area contributed by atoms with Crippen LogP contribution in [-0.4, -0.2) is 9.55 Å². The number of aromatic nitrogens is 2. The van der Waals surface area contributed by atoms with Gasteiger partial charge in [-0.1, -0.05) is 28.1 Å². The van der Waals surface area contributed by atoms with Gasteiger partial charge in [0.15, 0.2) is 0 Å². The topological polar surface area (TPSA) is 17.8 Å². The smallest absolute Gasteiger partial charge is 0.0824 e. The maximum Gasteiger partial charge on any atom is 0.0824 e. The van der Waals surface area contributed by atoms with Crippen molar-refractivity contribution in [2.45, 2.75) is 6.92 Å². The summed E-state index contributed by atoms with van der Waals surface area (Å²) in [5.41, 5.74) is 5.82. The van der Waals surface area contributed by atoms with Gasteiger partial charge in [-0.3, -0.25) is 0 Å². The van der Waals surface area contributed by atoms with Crippen molar-refractivity contribution < 1.29 is 0 Å². The molecule has 0 spiro atoms. The quantitative estimate of drug-likeness (QED) is 0.449. The fourth-order valence-corrected chi connectivity index (χ4v) is 3.24. The second-order valence-electron chi connectivity index (χ2n) is 5.30. The van der Waals surface area contributed by atoms with Gasteiger partial charge in [-0.2, -0.15) is 0 Å². The number of halogens is 1. The van der Waals surface area contributed by atoms with E-state index >= 15 is 0 Å². The van der Waals surface area contributed by atoms with Crippen LogP contribution in [0.2, 0.25) is 0 Å². The first kappa shape index (κ1) is 11.9. The molecule has 2 aromatic rings. The molecule has 98 valence electrons. The van der Waals surface area contributed by atoms with Crippen molar-refractivity contribution >= 4 is 37.7 Å². The Balaban J connectivity index is 2.25. The number of hydrogen-bond donors (Lipinski definition) is 0. The van der Waals surface area contributed by atoms with Crippen molar-refractivity contribution in [3.05, 3.63) is 52.6 Å². The minimum absolute atomic E-state index is 1.08. The molecule has 2 nitrogen and oxygen atoms in total. The van der Waals surface area contributed by atoms with Gasteiger partial charge in [0.25, 0.3) is 0 Å². The molecule has 0 aliphatic carbocycles. The molecule has 4 rings (SSSR count). The van der Waals surface area contributed by atoms with Gasteiger partial charge in [-0.25, -0.2) is 4.98 Å². The minimum Gasteiger partial charge on any atom is -0.350 e. The minimum atomic E-state index is 1.08. The maximum atomic E-state index is 4.85. The lowest BCUT2D eigenvalue weighted by atomic mass is 10.0. The molecule has 0 amide bonds. The Labute approximate surface area is 125 Å². The molecule has 2 aliphatic heterocycles. The third kappa shape index (κ3) is 1.59. The van der Waals surface area contributed by atoms with Crippen LogP contribution in [0.1, 0.15) is 5.56 Å². The Bertz CT molecular complexity index is 937. The molecule has 0 fully saturated rings. The van der Waals surface area contributed by atoms with Gasteiger partial charge in [0.1, 0.15) is 0 Å². The van der Waals surface area contributed by atoms with Gasteiger partial charge < -0.3 is 4.57 Å². The van der Waals surface area contributed by atoms with Crippen LogP contribution in [0, 0.1) is 6.92 Å². The van der Waals surface area contributed by atoms with Crippen LogP contribution >= 0.6 is 15.9 Å². The van der Waals surface area contributed by atoms with Crippen LogP contribution in [0.3, 0.4) is 0 Å². The first-order chi connectivity index (χ1) is 9.63. The molecular weight excluding hydrogens is 312 g/mol. The van der Waals surface area contributed by atoms with Crippen LogP contribution < -0.4 is 0 Å². The highest BCUT2D eigenvalue weighted by Gasteiger charge is 2.16. The Kier molecular flexibility index (Phi) is 2.42. The fourth-order valence-electron chi connectivity index (χ4n) is 2.87. The summed E-state index contributed by atoms with van der Waals surface area (Å²) < 4.78 is 3.26. The summed E-state index contributed by atoms with van der Waals surface area (Å²) in [6.07, 6.45) is 2.18. The molecule has 2 aromatic carbocycles. The molecule has 2 aliphatic rings. The zero-order valence-corrected chi connectivity index (χ0v) is 12.9. The van der Waals surface area contributed by atoms with E-state index < -0.39 is 0 Å². The lowest BCUT2D eigenvalue weighted by molar-refractivity contribution is 0.955. The Morgan fingerprint density at radius 3 is 2.75 bits per heavy atom. The first-order valence-corrected chi connectivity index (χ1v) is 7.37. The molecule has 20 heavy (non-hydrogen) atoms. The van der Waals surface area contributed by atoms with Gasteiger partial charge >= 0.3 is 0 Å². The highest BCUT2D eigenvalue weighted by Crippen LogP contribution is 2.37. The zero-order chi connectivity index (χ0) is 13.9. The van der Waals surface area contributed by atoms with E-state index in [2.05, 4.69) is 77.1 Å². The molecule has 3 heteroatoms. The number of benzene rings is 2. The predicted octanol–water partition coefficient (Wildman–Crippen LogP) is 4.90. The van der Waals surface area contributed by atoms with Crippen molar-refractivity contribution in [2.24, 2.45) is 7.05 Å². The fraction of sp³-hybridized carbons (Fsp3) is 0.118. The number of nitrogens with zero attached hydrogens (tertiary/aromatic N) is 2. The van der Waals surface area contributed by atoms with E-state index in [0.717, 1.165) is 15.7 Å². The highest BCUT2D eigenvalue weighted by molar-refractivity contribution is 9.10. The average Bonchev–Trinajstić information content (AvgIpc) is 2.76. The molecule has 0 bridgehead atoms. The normalized spacial score (nSPS) is 11.8. The molecule has 2 heterocycles. The van der Waals surface area contributed by atoms with E-state index in [-0.39, 0.29) is 0 Å².